The monoisotopic (exact) mass is 435 g/mol. The topological polar surface area (TPSA) is 63.9 Å². The van der Waals surface area contributed by atoms with Crippen LogP contribution in [-0.4, -0.2) is 37.5 Å². The van der Waals surface area contributed by atoms with E-state index in [0.717, 1.165) is 51.7 Å². The quantitative estimate of drug-likeness (QED) is 0.446. The maximum Gasteiger partial charge on any atom is 0.237 e. The summed E-state index contributed by atoms with van der Waals surface area (Å²) in [7, 11) is 1.96. The van der Waals surface area contributed by atoms with Gasteiger partial charge in [-0.2, -0.15) is 0 Å². The smallest absolute Gasteiger partial charge is 0.237 e. The van der Waals surface area contributed by atoms with Crippen LogP contribution < -0.4 is 4.90 Å². The fourth-order valence-electron chi connectivity index (χ4n) is 4.32. The van der Waals surface area contributed by atoms with Crippen LogP contribution in [0.4, 0.5) is 10.1 Å². The molecule has 0 aliphatic carbocycles. The van der Waals surface area contributed by atoms with Gasteiger partial charge in [0.05, 0.1) is 11.3 Å². The molecule has 1 amide bonds. The molecule has 0 bridgehead atoms. The average molecular weight is 436 g/mol. The molecule has 8 heteroatoms. The summed E-state index contributed by atoms with van der Waals surface area (Å²) < 4.78 is 15.6. The van der Waals surface area contributed by atoms with Gasteiger partial charge in [-0.05, 0) is 62.6 Å². The number of carbonyl (C=O) groups is 1. The van der Waals surface area contributed by atoms with E-state index in [1.54, 1.807) is 11.0 Å². The second-order valence-corrected chi connectivity index (χ2v) is 9.00. The number of benzene rings is 2. The summed E-state index contributed by atoms with van der Waals surface area (Å²) in [6.45, 7) is 4.07. The first-order valence-electron chi connectivity index (χ1n) is 10.2. The van der Waals surface area contributed by atoms with Gasteiger partial charge < -0.3 is 9.47 Å². The fourth-order valence-corrected chi connectivity index (χ4v) is 4.96. The van der Waals surface area contributed by atoms with Crippen molar-refractivity contribution in [1.29, 1.82) is 0 Å². The molecule has 5 rings (SSSR count). The molecule has 2 aromatic heterocycles. The van der Waals surface area contributed by atoms with Gasteiger partial charge in [-0.3, -0.25) is 4.79 Å². The van der Waals surface area contributed by atoms with Gasteiger partial charge in [-0.25, -0.2) is 9.37 Å². The lowest BCUT2D eigenvalue weighted by atomic mass is 9.96. The van der Waals surface area contributed by atoms with Crippen molar-refractivity contribution in [3.05, 3.63) is 53.3 Å². The summed E-state index contributed by atoms with van der Waals surface area (Å²) in [5.41, 5.74) is 5.38. The highest BCUT2D eigenvalue weighted by Crippen LogP contribution is 2.32. The molecule has 2 aromatic carbocycles. The summed E-state index contributed by atoms with van der Waals surface area (Å²) in [5.74, 6) is -0.119. The van der Waals surface area contributed by atoms with Crippen LogP contribution in [0.5, 0.6) is 0 Å². The molecule has 0 spiro atoms. The van der Waals surface area contributed by atoms with E-state index in [4.69, 9.17) is 0 Å². The molecule has 0 saturated carbocycles. The highest BCUT2D eigenvalue weighted by Gasteiger charge is 2.28. The Balaban J connectivity index is 1.40. The molecular weight excluding hydrogens is 413 g/mol. The Labute approximate surface area is 183 Å². The van der Waals surface area contributed by atoms with E-state index in [2.05, 4.69) is 33.4 Å². The number of nitrogens with zero attached hydrogens (tertiary/aromatic N) is 5. The minimum atomic E-state index is -0.270. The largest absolute Gasteiger partial charge is 0.327 e. The SMILES string of the molecule is Cc1ccc2c(c1)c1nnc(SCC(=O)N3c4ccc(F)cc4CCC3C)nc1n2C. The van der Waals surface area contributed by atoms with E-state index in [1.807, 2.05) is 25.5 Å². The van der Waals surface area contributed by atoms with Gasteiger partial charge in [0.25, 0.3) is 0 Å². The molecule has 3 heterocycles. The predicted molar refractivity (Wildman–Crippen MR) is 121 cm³/mol. The molecule has 0 fully saturated rings. The van der Waals surface area contributed by atoms with Crippen molar-refractivity contribution in [2.24, 2.45) is 7.05 Å². The lowest BCUT2D eigenvalue weighted by Gasteiger charge is -2.35. The van der Waals surface area contributed by atoms with Gasteiger partial charge in [0.1, 0.15) is 11.3 Å². The van der Waals surface area contributed by atoms with Crippen LogP contribution in [0.25, 0.3) is 22.1 Å². The van der Waals surface area contributed by atoms with Crippen LogP contribution in [0, 0.1) is 12.7 Å². The fraction of sp³-hybridized carbons (Fsp3) is 0.304. The lowest BCUT2D eigenvalue weighted by molar-refractivity contribution is -0.116. The van der Waals surface area contributed by atoms with Gasteiger partial charge >= 0.3 is 0 Å². The molecule has 1 unspecified atom stereocenters. The third kappa shape index (κ3) is 3.44. The Morgan fingerprint density at radius 2 is 2.06 bits per heavy atom. The number of fused-ring (bicyclic) bond motifs is 4. The van der Waals surface area contributed by atoms with Gasteiger partial charge in [-0.1, -0.05) is 23.4 Å². The zero-order valence-corrected chi connectivity index (χ0v) is 18.4. The second-order valence-electron chi connectivity index (χ2n) is 8.06. The van der Waals surface area contributed by atoms with Gasteiger partial charge in [-0.15, -0.1) is 10.2 Å². The molecule has 0 radical (unpaired) electrons. The number of carbonyl (C=O) groups excluding carboxylic acids is 1. The highest BCUT2D eigenvalue weighted by molar-refractivity contribution is 7.99. The van der Waals surface area contributed by atoms with E-state index >= 15 is 0 Å². The minimum Gasteiger partial charge on any atom is -0.327 e. The molecular formula is C23H22FN5OS. The van der Waals surface area contributed by atoms with E-state index in [-0.39, 0.29) is 23.5 Å². The minimum absolute atomic E-state index is 0.0403. The normalized spacial score (nSPS) is 16.1. The Morgan fingerprint density at radius 1 is 1.23 bits per heavy atom. The van der Waals surface area contributed by atoms with Crippen LogP contribution in [0.1, 0.15) is 24.5 Å². The van der Waals surface area contributed by atoms with Gasteiger partial charge in [0, 0.05) is 24.2 Å². The Bertz CT molecular complexity index is 1330. The molecule has 6 nitrogen and oxygen atoms in total. The van der Waals surface area contributed by atoms with E-state index in [0.29, 0.717) is 5.16 Å². The summed E-state index contributed by atoms with van der Waals surface area (Å²) in [4.78, 5) is 19.5. The summed E-state index contributed by atoms with van der Waals surface area (Å²) in [6, 6.07) is 10.9. The molecule has 4 aromatic rings. The van der Waals surface area contributed by atoms with Crippen LogP contribution in [0.2, 0.25) is 0 Å². The first-order valence-corrected chi connectivity index (χ1v) is 11.2. The first-order chi connectivity index (χ1) is 14.9. The number of aromatic nitrogens is 4. The Morgan fingerprint density at radius 3 is 2.90 bits per heavy atom. The summed E-state index contributed by atoms with van der Waals surface area (Å²) in [6.07, 6.45) is 1.58. The highest BCUT2D eigenvalue weighted by atomic mass is 32.2. The standard InChI is InChI=1S/C23H22FN5OS/c1-13-4-8-19-17(10-13)21-22(28(19)3)25-23(27-26-21)31-12-20(30)29-14(2)5-6-15-11-16(24)7-9-18(15)29/h4,7-11,14H,5-6,12H2,1-3H3. The number of hydrogen-bond donors (Lipinski definition) is 0. The van der Waals surface area contributed by atoms with Crippen LogP contribution in [0.15, 0.2) is 41.6 Å². The zero-order valence-electron chi connectivity index (χ0n) is 17.6. The Hall–Kier alpha value is -3.00. The molecule has 0 N–H and O–H groups in total. The molecule has 31 heavy (non-hydrogen) atoms. The van der Waals surface area contributed by atoms with Crippen LogP contribution in [-0.2, 0) is 18.3 Å². The first kappa shape index (κ1) is 19.9. The van der Waals surface area contributed by atoms with E-state index in [1.165, 1.54) is 23.9 Å². The van der Waals surface area contributed by atoms with Crippen molar-refractivity contribution in [3.63, 3.8) is 0 Å². The molecule has 0 saturated heterocycles. The third-order valence-electron chi connectivity index (χ3n) is 5.90. The van der Waals surface area contributed by atoms with Crippen molar-refractivity contribution in [2.45, 2.75) is 37.9 Å². The molecule has 158 valence electrons. The number of anilines is 1. The maximum absolute atomic E-state index is 13.6. The lowest BCUT2D eigenvalue weighted by Crippen LogP contribution is -2.43. The van der Waals surface area contributed by atoms with Gasteiger partial charge in [0.2, 0.25) is 11.1 Å². The molecule has 1 atom stereocenters. The third-order valence-corrected chi connectivity index (χ3v) is 6.72. The number of thioether (sulfide) groups is 1. The Kier molecular flexibility index (Phi) is 4.89. The molecule has 1 aliphatic heterocycles. The summed E-state index contributed by atoms with van der Waals surface area (Å²) >= 11 is 1.28. The van der Waals surface area contributed by atoms with Crippen LogP contribution in [0.3, 0.4) is 0 Å². The number of halogens is 1. The number of rotatable bonds is 3. The van der Waals surface area contributed by atoms with Crippen molar-refractivity contribution in [3.8, 4) is 0 Å². The predicted octanol–water partition coefficient (Wildman–Crippen LogP) is 4.42. The van der Waals surface area contributed by atoms with Gasteiger partial charge in [0.15, 0.2) is 5.65 Å². The second kappa shape index (κ2) is 7.60. The maximum atomic E-state index is 13.6. The van der Waals surface area contributed by atoms with Crippen molar-refractivity contribution in [2.75, 3.05) is 10.7 Å². The number of amides is 1. The molecule has 1 aliphatic rings. The van der Waals surface area contributed by atoms with Crippen LogP contribution >= 0.6 is 11.8 Å². The summed E-state index contributed by atoms with van der Waals surface area (Å²) in [5, 5.41) is 10.2. The van der Waals surface area contributed by atoms with Crippen molar-refractivity contribution >= 4 is 45.4 Å². The van der Waals surface area contributed by atoms with E-state index < -0.39 is 0 Å². The zero-order chi connectivity index (χ0) is 21.7. The van der Waals surface area contributed by atoms with Crippen molar-refractivity contribution in [1.82, 2.24) is 19.7 Å². The average Bonchev–Trinajstić information content (AvgIpc) is 3.03. The van der Waals surface area contributed by atoms with Crippen molar-refractivity contribution < 1.29 is 9.18 Å². The number of aryl methyl sites for hydroxylation is 3. The van der Waals surface area contributed by atoms with E-state index in [9.17, 15) is 9.18 Å². The number of hydrogen-bond acceptors (Lipinski definition) is 5.